The molecule has 4 aliphatic rings. The van der Waals surface area contributed by atoms with Gasteiger partial charge in [0.15, 0.2) is 5.78 Å². The van der Waals surface area contributed by atoms with Gasteiger partial charge in [0, 0.05) is 16.7 Å². The number of rotatable bonds is 3. The predicted octanol–water partition coefficient (Wildman–Crippen LogP) is 4.37. The fraction of sp³-hybridized carbons (Fsp3) is 0.619. The largest absolute Gasteiger partial charge is 0.347 e. The number of carbonyl (C=O) groups excluding carboxylic acids is 2. The van der Waals surface area contributed by atoms with Gasteiger partial charge in [0.05, 0.1) is 0 Å². The van der Waals surface area contributed by atoms with Gasteiger partial charge in [-0.1, -0.05) is 26.0 Å². The van der Waals surface area contributed by atoms with Gasteiger partial charge in [0.25, 0.3) is 5.91 Å². The minimum absolute atomic E-state index is 0.0132. The van der Waals surface area contributed by atoms with E-state index in [9.17, 15) is 9.59 Å². The van der Waals surface area contributed by atoms with Gasteiger partial charge < -0.3 is 5.32 Å². The molecule has 4 fully saturated rings. The van der Waals surface area contributed by atoms with Crippen LogP contribution < -0.4 is 5.32 Å². The molecule has 1 aromatic rings. The topological polar surface area (TPSA) is 46.2 Å². The smallest absolute Gasteiger partial charge is 0.251 e. The van der Waals surface area contributed by atoms with Crippen LogP contribution in [-0.2, 0) is 0 Å². The normalized spacial score (nSPS) is 39.7. The van der Waals surface area contributed by atoms with Crippen molar-refractivity contribution in [1.29, 1.82) is 0 Å². The number of hydrogen-bond acceptors (Lipinski definition) is 2. The minimum atomic E-state index is -0.0285. The summed E-state index contributed by atoms with van der Waals surface area (Å²) in [5.74, 6) is 0.805. The van der Waals surface area contributed by atoms with Crippen molar-refractivity contribution in [3.8, 4) is 0 Å². The number of nitrogens with one attached hydrogen (secondary N) is 1. The molecule has 2 unspecified atom stereocenters. The van der Waals surface area contributed by atoms with Gasteiger partial charge in [-0.25, -0.2) is 0 Å². The summed E-state index contributed by atoms with van der Waals surface area (Å²) < 4.78 is 0. The molecule has 0 radical (unpaired) electrons. The maximum absolute atomic E-state index is 12.8. The minimum Gasteiger partial charge on any atom is -0.347 e. The molecule has 128 valence electrons. The first-order valence-corrected chi connectivity index (χ1v) is 9.14. The summed E-state index contributed by atoms with van der Waals surface area (Å²) in [7, 11) is 0. The Labute approximate surface area is 144 Å². The molecule has 0 saturated heterocycles. The van der Waals surface area contributed by atoms with Crippen LogP contribution in [0.2, 0.25) is 0 Å². The molecule has 3 heteroatoms. The fourth-order valence-electron chi connectivity index (χ4n) is 6.76. The predicted molar refractivity (Wildman–Crippen MR) is 94.0 cm³/mol. The second-order valence-electron chi connectivity index (χ2n) is 9.50. The highest BCUT2D eigenvalue weighted by Crippen LogP contribution is 2.66. The van der Waals surface area contributed by atoms with E-state index < -0.39 is 0 Å². The van der Waals surface area contributed by atoms with Crippen LogP contribution in [0.15, 0.2) is 24.3 Å². The summed E-state index contributed by atoms with van der Waals surface area (Å²) >= 11 is 0. The first-order chi connectivity index (χ1) is 11.2. The molecular formula is C21H27NO2. The third kappa shape index (κ3) is 2.58. The molecule has 1 aromatic carbocycles. The van der Waals surface area contributed by atoms with Crippen LogP contribution in [0, 0.1) is 16.7 Å². The Morgan fingerprint density at radius 3 is 1.96 bits per heavy atom. The molecule has 0 aromatic heterocycles. The zero-order valence-electron chi connectivity index (χ0n) is 14.9. The Balaban J connectivity index is 1.56. The van der Waals surface area contributed by atoms with E-state index in [1.807, 2.05) is 0 Å². The van der Waals surface area contributed by atoms with Crippen LogP contribution >= 0.6 is 0 Å². The van der Waals surface area contributed by atoms with Crippen LogP contribution in [0.25, 0.3) is 0 Å². The van der Waals surface area contributed by atoms with Crippen molar-refractivity contribution >= 4 is 11.7 Å². The SMILES string of the molecule is CC(=O)c1ccc(C(=O)NC23CC4C[C@@](C)(C2)C[C@](C)(C4)C3)cc1. The van der Waals surface area contributed by atoms with Crippen molar-refractivity contribution < 1.29 is 9.59 Å². The Kier molecular flexibility index (Phi) is 3.26. The summed E-state index contributed by atoms with van der Waals surface area (Å²) in [6, 6.07) is 7.05. The lowest BCUT2D eigenvalue weighted by Crippen LogP contribution is -2.65. The Bertz CT molecular complexity index is 687. The molecule has 1 amide bonds. The van der Waals surface area contributed by atoms with Crippen molar-refractivity contribution in [2.45, 2.75) is 64.8 Å². The molecule has 0 aliphatic heterocycles. The zero-order valence-corrected chi connectivity index (χ0v) is 14.9. The van der Waals surface area contributed by atoms with Gasteiger partial charge >= 0.3 is 0 Å². The number of hydrogen-bond donors (Lipinski definition) is 1. The summed E-state index contributed by atoms with van der Waals surface area (Å²) in [6.45, 7) is 6.38. The van der Waals surface area contributed by atoms with Gasteiger partial charge in [-0.2, -0.15) is 0 Å². The summed E-state index contributed by atoms with van der Waals surface area (Å²) in [5.41, 5.74) is 2.06. The second kappa shape index (κ2) is 4.93. The Morgan fingerprint density at radius 1 is 0.917 bits per heavy atom. The van der Waals surface area contributed by atoms with Crippen LogP contribution in [0.5, 0.6) is 0 Å². The number of ketones is 1. The Hall–Kier alpha value is -1.64. The van der Waals surface area contributed by atoms with Crippen LogP contribution in [0.4, 0.5) is 0 Å². The molecule has 0 spiro atoms. The molecule has 4 saturated carbocycles. The van der Waals surface area contributed by atoms with Gasteiger partial charge in [-0.15, -0.1) is 0 Å². The maximum Gasteiger partial charge on any atom is 0.251 e. The molecule has 5 rings (SSSR count). The van der Waals surface area contributed by atoms with Gasteiger partial charge in [0.1, 0.15) is 0 Å². The highest BCUT2D eigenvalue weighted by molar-refractivity contribution is 5.98. The van der Waals surface area contributed by atoms with E-state index in [1.165, 1.54) is 19.3 Å². The van der Waals surface area contributed by atoms with Gasteiger partial charge in [-0.05, 0) is 74.3 Å². The monoisotopic (exact) mass is 325 g/mol. The maximum atomic E-state index is 12.8. The van der Waals surface area contributed by atoms with Crippen LogP contribution in [-0.4, -0.2) is 17.2 Å². The standard InChI is InChI=1S/C21H27NO2/c1-14(23)16-4-6-17(7-5-16)18(24)22-21-10-15-8-19(2,12-21)11-20(3,9-15)13-21/h4-7,15H,8-13H2,1-3H3,(H,22,24)/t15?,19-,20+,21?. The van der Waals surface area contributed by atoms with Crippen molar-refractivity contribution in [3.05, 3.63) is 35.4 Å². The van der Waals surface area contributed by atoms with E-state index in [0.717, 1.165) is 25.2 Å². The fourth-order valence-corrected chi connectivity index (χ4v) is 6.76. The highest BCUT2D eigenvalue weighted by atomic mass is 16.2. The zero-order chi connectivity index (χ0) is 17.2. The average molecular weight is 325 g/mol. The van der Waals surface area contributed by atoms with Crippen molar-refractivity contribution in [1.82, 2.24) is 5.32 Å². The third-order valence-electron chi connectivity index (χ3n) is 6.56. The second-order valence-corrected chi connectivity index (χ2v) is 9.50. The summed E-state index contributed by atoms with van der Waals surface area (Å²) in [4.78, 5) is 24.2. The molecular weight excluding hydrogens is 298 g/mol. The third-order valence-corrected chi connectivity index (χ3v) is 6.56. The van der Waals surface area contributed by atoms with Crippen molar-refractivity contribution in [2.24, 2.45) is 16.7 Å². The molecule has 4 bridgehead atoms. The molecule has 3 nitrogen and oxygen atoms in total. The van der Waals surface area contributed by atoms with Crippen molar-refractivity contribution in [3.63, 3.8) is 0 Å². The number of Topliss-reactive ketones (excluding diaryl/α,β-unsaturated/α-hetero) is 1. The van der Waals surface area contributed by atoms with E-state index >= 15 is 0 Å². The van der Waals surface area contributed by atoms with E-state index in [-0.39, 0.29) is 17.2 Å². The average Bonchev–Trinajstić information content (AvgIpc) is 2.42. The first kappa shape index (κ1) is 15.9. The lowest BCUT2D eigenvalue weighted by Gasteiger charge is -2.65. The molecule has 1 N–H and O–H groups in total. The summed E-state index contributed by atoms with van der Waals surface area (Å²) in [5, 5.41) is 3.42. The quantitative estimate of drug-likeness (QED) is 0.839. The molecule has 0 heterocycles. The van der Waals surface area contributed by atoms with E-state index in [1.54, 1.807) is 31.2 Å². The van der Waals surface area contributed by atoms with E-state index in [2.05, 4.69) is 19.2 Å². The molecule has 4 atom stereocenters. The lowest BCUT2D eigenvalue weighted by atomic mass is 9.43. The molecule has 4 aliphatic carbocycles. The summed E-state index contributed by atoms with van der Waals surface area (Å²) in [6.07, 6.45) is 7.32. The van der Waals surface area contributed by atoms with Crippen LogP contribution in [0.3, 0.4) is 0 Å². The van der Waals surface area contributed by atoms with Gasteiger partial charge in [-0.3, -0.25) is 9.59 Å². The van der Waals surface area contributed by atoms with E-state index in [0.29, 0.717) is 22.0 Å². The number of carbonyl (C=O) groups is 2. The van der Waals surface area contributed by atoms with Crippen LogP contribution in [0.1, 0.15) is 80.0 Å². The number of benzene rings is 1. The first-order valence-electron chi connectivity index (χ1n) is 9.14. The molecule has 24 heavy (non-hydrogen) atoms. The number of amides is 1. The highest BCUT2D eigenvalue weighted by Gasteiger charge is 2.60. The lowest BCUT2D eigenvalue weighted by molar-refractivity contribution is -0.114. The van der Waals surface area contributed by atoms with Crippen molar-refractivity contribution in [2.75, 3.05) is 0 Å². The Morgan fingerprint density at radius 2 is 1.46 bits per heavy atom. The van der Waals surface area contributed by atoms with Gasteiger partial charge in [0.2, 0.25) is 0 Å². The van der Waals surface area contributed by atoms with E-state index in [4.69, 9.17) is 0 Å².